The van der Waals surface area contributed by atoms with Crippen molar-refractivity contribution in [2.45, 2.75) is 26.4 Å². The first-order chi connectivity index (χ1) is 9.70. The van der Waals surface area contributed by atoms with Crippen LogP contribution >= 0.6 is 0 Å². The van der Waals surface area contributed by atoms with Gasteiger partial charge in [0.1, 0.15) is 0 Å². The molecule has 1 aliphatic heterocycles. The van der Waals surface area contributed by atoms with E-state index in [9.17, 15) is 9.90 Å². The van der Waals surface area contributed by atoms with E-state index in [0.29, 0.717) is 13.1 Å². The molecule has 0 unspecified atom stereocenters. The standard InChI is InChI=1S/C15H17N3O2/c1-2-18-13-8-9-17(11-6-4-3-5-7-11)10-12(13)14(16-18)15(19)20/h3-7H,2,8-10H2,1H3,(H,19,20). The molecule has 104 valence electrons. The van der Waals surface area contributed by atoms with Gasteiger partial charge < -0.3 is 10.0 Å². The van der Waals surface area contributed by atoms with Crippen LogP contribution in [0.2, 0.25) is 0 Å². The molecule has 0 radical (unpaired) electrons. The van der Waals surface area contributed by atoms with E-state index in [-0.39, 0.29) is 5.69 Å². The monoisotopic (exact) mass is 271 g/mol. The van der Waals surface area contributed by atoms with E-state index in [1.165, 1.54) is 0 Å². The fourth-order valence-corrected chi connectivity index (χ4v) is 2.78. The number of aromatic nitrogens is 2. The quantitative estimate of drug-likeness (QED) is 0.929. The first kappa shape index (κ1) is 12.7. The number of carbonyl (C=O) groups is 1. The number of benzene rings is 1. The lowest BCUT2D eigenvalue weighted by Gasteiger charge is -2.29. The fraction of sp³-hybridized carbons (Fsp3) is 0.333. The molecule has 0 amide bonds. The molecule has 0 spiro atoms. The molecular formula is C15H17N3O2. The average Bonchev–Trinajstić information content (AvgIpc) is 2.86. The van der Waals surface area contributed by atoms with Gasteiger partial charge in [-0.25, -0.2) is 4.79 Å². The molecule has 1 aromatic heterocycles. The summed E-state index contributed by atoms with van der Waals surface area (Å²) >= 11 is 0. The third kappa shape index (κ3) is 2.05. The molecule has 0 aliphatic carbocycles. The summed E-state index contributed by atoms with van der Waals surface area (Å²) in [5, 5.41) is 13.5. The topological polar surface area (TPSA) is 58.4 Å². The summed E-state index contributed by atoms with van der Waals surface area (Å²) in [6, 6.07) is 10.1. The Morgan fingerprint density at radius 1 is 1.35 bits per heavy atom. The van der Waals surface area contributed by atoms with Crippen LogP contribution in [-0.2, 0) is 19.5 Å². The molecule has 0 saturated carbocycles. The molecule has 2 heterocycles. The smallest absolute Gasteiger partial charge is 0.356 e. The molecule has 1 aliphatic rings. The van der Waals surface area contributed by atoms with E-state index in [2.05, 4.69) is 22.1 Å². The Hall–Kier alpha value is -2.30. The number of nitrogens with zero attached hydrogens (tertiary/aromatic N) is 3. The van der Waals surface area contributed by atoms with E-state index >= 15 is 0 Å². The number of fused-ring (bicyclic) bond motifs is 1. The number of hydrogen-bond acceptors (Lipinski definition) is 3. The van der Waals surface area contributed by atoms with Gasteiger partial charge in [0.05, 0.1) is 0 Å². The van der Waals surface area contributed by atoms with Crippen molar-refractivity contribution >= 4 is 11.7 Å². The summed E-state index contributed by atoms with van der Waals surface area (Å²) in [5.74, 6) is -0.941. The highest BCUT2D eigenvalue weighted by atomic mass is 16.4. The van der Waals surface area contributed by atoms with Crippen LogP contribution in [0.3, 0.4) is 0 Å². The molecule has 0 bridgehead atoms. The maximum absolute atomic E-state index is 11.4. The van der Waals surface area contributed by atoms with Gasteiger partial charge in [0, 0.05) is 43.0 Å². The van der Waals surface area contributed by atoms with Gasteiger partial charge >= 0.3 is 5.97 Å². The molecule has 1 N–H and O–H groups in total. The van der Waals surface area contributed by atoms with Gasteiger partial charge in [-0.2, -0.15) is 5.10 Å². The largest absolute Gasteiger partial charge is 0.476 e. The van der Waals surface area contributed by atoms with Crippen LogP contribution < -0.4 is 4.90 Å². The minimum absolute atomic E-state index is 0.197. The Labute approximate surface area is 117 Å². The molecule has 0 atom stereocenters. The van der Waals surface area contributed by atoms with E-state index in [1.54, 1.807) is 0 Å². The third-order valence-electron chi connectivity index (χ3n) is 3.76. The van der Waals surface area contributed by atoms with Gasteiger partial charge in [-0.3, -0.25) is 4.68 Å². The summed E-state index contributed by atoms with van der Waals surface area (Å²) in [4.78, 5) is 13.6. The van der Waals surface area contributed by atoms with E-state index in [4.69, 9.17) is 0 Å². The average molecular weight is 271 g/mol. The minimum atomic E-state index is -0.941. The SMILES string of the molecule is CCn1nc(C(=O)O)c2c1CCN(c1ccccc1)C2. The number of carboxylic acids is 1. The molecule has 20 heavy (non-hydrogen) atoms. The second-order valence-electron chi connectivity index (χ2n) is 4.90. The van der Waals surface area contributed by atoms with Gasteiger partial charge in [-0.05, 0) is 19.1 Å². The lowest BCUT2D eigenvalue weighted by molar-refractivity contribution is 0.0688. The number of carboxylic acid groups (broad SMARTS) is 1. The first-order valence-corrected chi connectivity index (χ1v) is 6.82. The van der Waals surface area contributed by atoms with E-state index in [1.807, 2.05) is 29.8 Å². The molecule has 0 saturated heterocycles. The molecule has 0 fully saturated rings. The second kappa shape index (κ2) is 5.00. The number of aromatic carboxylic acids is 1. The number of rotatable bonds is 3. The first-order valence-electron chi connectivity index (χ1n) is 6.82. The molecule has 1 aromatic carbocycles. The zero-order valence-corrected chi connectivity index (χ0v) is 11.4. The lowest BCUT2D eigenvalue weighted by Crippen LogP contribution is -2.31. The van der Waals surface area contributed by atoms with E-state index in [0.717, 1.165) is 29.9 Å². The Bertz CT molecular complexity index is 634. The maximum atomic E-state index is 11.4. The molecule has 5 heteroatoms. The summed E-state index contributed by atoms with van der Waals surface area (Å²) in [7, 11) is 0. The fourth-order valence-electron chi connectivity index (χ4n) is 2.78. The Balaban J connectivity index is 1.98. The zero-order valence-electron chi connectivity index (χ0n) is 11.4. The van der Waals surface area contributed by atoms with Crippen molar-refractivity contribution in [3.63, 3.8) is 0 Å². The van der Waals surface area contributed by atoms with Crippen LogP contribution in [0.5, 0.6) is 0 Å². The predicted molar refractivity (Wildman–Crippen MR) is 76.1 cm³/mol. The van der Waals surface area contributed by atoms with Gasteiger partial charge in [0.15, 0.2) is 5.69 Å². The van der Waals surface area contributed by atoms with Gasteiger partial charge in [0.2, 0.25) is 0 Å². The Kier molecular flexibility index (Phi) is 3.18. The van der Waals surface area contributed by atoms with Gasteiger partial charge in [-0.15, -0.1) is 0 Å². The van der Waals surface area contributed by atoms with Crippen LogP contribution in [0.4, 0.5) is 5.69 Å². The molecule has 5 nitrogen and oxygen atoms in total. The van der Waals surface area contributed by atoms with Crippen LogP contribution in [0.1, 0.15) is 28.7 Å². The van der Waals surface area contributed by atoms with Crippen molar-refractivity contribution in [3.05, 3.63) is 47.3 Å². The van der Waals surface area contributed by atoms with Crippen molar-refractivity contribution < 1.29 is 9.90 Å². The Morgan fingerprint density at radius 3 is 2.75 bits per heavy atom. The molecular weight excluding hydrogens is 254 g/mol. The van der Waals surface area contributed by atoms with E-state index < -0.39 is 5.97 Å². The van der Waals surface area contributed by atoms with Crippen LogP contribution in [0, 0.1) is 0 Å². The highest BCUT2D eigenvalue weighted by Crippen LogP contribution is 2.26. The highest BCUT2D eigenvalue weighted by Gasteiger charge is 2.27. The number of para-hydroxylation sites is 1. The summed E-state index contributed by atoms with van der Waals surface area (Å²) in [6.45, 7) is 4.20. The van der Waals surface area contributed by atoms with Crippen molar-refractivity contribution in [1.82, 2.24) is 9.78 Å². The summed E-state index contributed by atoms with van der Waals surface area (Å²) in [5.41, 5.74) is 3.24. The lowest BCUT2D eigenvalue weighted by atomic mass is 10.0. The minimum Gasteiger partial charge on any atom is -0.476 e. The summed E-state index contributed by atoms with van der Waals surface area (Å²) in [6.07, 6.45) is 0.832. The van der Waals surface area contributed by atoms with Crippen molar-refractivity contribution in [3.8, 4) is 0 Å². The number of hydrogen-bond donors (Lipinski definition) is 1. The zero-order chi connectivity index (χ0) is 14.1. The third-order valence-corrected chi connectivity index (χ3v) is 3.76. The van der Waals surface area contributed by atoms with Crippen molar-refractivity contribution in [1.29, 1.82) is 0 Å². The maximum Gasteiger partial charge on any atom is 0.356 e. The van der Waals surface area contributed by atoms with Crippen molar-refractivity contribution in [2.75, 3.05) is 11.4 Å². The highest BCUT2D eigenvalue weighted by molar-refractivity contribution is 5.87. The number of anilines is 1. The number of aryl methyl sites for hydroxylation is 1. The van der Waals surface area contributed by atoms with Gasteiger partial charge in [0.25, 0.3) is 0 Å². The Morgan fingerprint density at radius 2 is 2.10 bits per heavy atom. The van der Waals surface area contributed by atoms with Crippen LogP contribution in [-0.4, -0.2) is 27.4 Å². The molecule has 3 rings (SSSR count). The predicted octanol–water partition coefficient (Wildman–Crippen LogP) is 2.16. The second-order valence-corrected chi connectivity index (χ2v) is 4.90. The van der Waals surface area contributed by atoms with Crippen LogP contribution in [0.25, 0.3) is 0 Å². The van der Waals surface area contributed by atoms with Gasteiger partial charge in [-0.1, -0.05) is 18.2 Å². The summed E-state index contributed by atoms with van der Waals surface area (Å²) < 4.78 is 1.82. The molecule has 2 aromatic rings. The van der Waals surface area contributed by atoms with Crippen LogP contribution in [0.15, 0.2) is 30.3 Å². The van der Waals surface area contributed by atoms with Crippen molar-refractivity contribution in [2.24, 2.45) is 0 Å². The normalized spacial score (nSPS) is 14.2.